The van der Waals surface area contributed by atoms with Crippen molar-refractivity contribution >= 4 is 43.5 Å². The van der Waals surface area contributed by atoms with Crippen molar-refractivity contribution in [3.63, 3.8) is 0 Å². The summed E-state index contributed by atoms with van der Waals surface area (Å²) in [7, 11) is -3.06. The lowest BCUT2D eigenvalue weighted by Gasteiger charge is -1.91. The first-order chi connectivity index (χ1) is 6.14. The molecule has 0 saturated carbocycles. The topological polar surface area (TPSA) is 39.1 Å². The number of halogens is 1. The minimum Gasteiger partial charge on any atom is -0.219 e. The zero-order valence-corrected chi connectivity index (χ0v) is 9.33. The van der Waals surface area contributed by atoms with E-state index in [9.17, 15) is 8.42 Å². The number of aromatic nitrogens is 1. The third kappa shape index (κ3) is 0.768. The monoisotopic (exact) mass is 305 g/mol. The van der Waals surface area contributed by atoms with E-state index in [1.165, 1.54) is 3.97 Å². The van der Waals surface area contributed by atoms with Gasteiger partial charge in [0.1, 0.15) is 0 Å². The second-order valence-corrected chi connectivity index (χ2v) is 5.69. The summed E-state index contributed by atoms with van der Waals surface area (Å²) in [6.45, 7) is 0. The predicted octanol–water partition coefficient (Wildman–Crippen LogP) is 1.80. The standard InChI is InChI=1S/C8H4INO2S/c9-7-5-3-1-2-4-6(5)10-8(7)13(10,11)12/h1-4H. The minimum atomic E-state index is -3.06. The lowest BCUT2D eigenvalue weighted by Crippen LogP contribution is -1.85. The molecule has 0 bridgehead atoms. The number of rotatable bonds is 0. The van der Waals surface area contributed by atoms with Crippen molar-refractivity contribution in [1.82, 2.24) is 3.97 Å². The predicted molar refractivity (Wildman–Crippen MR) is 57.2 cm³/mol. The third-order valence-corrected chi connectivity index (χ3v) is 5.20. The maximum atomic E-state index is 11.3. The highest BCUT2D eigenvalue weighted by Crippen LogP contribution is 2.42. The molecule has 66 valence electrons. The summed E-state index contributed by atoms with van der Waals surface area (Å²) in [5, 5.41) is 1.49. The summed E-state index contributed by atoms with van der Waals surface area (Å²) >= 11 is 2.08. The van der Waals surface area contributed by atoms with E-state index in [4.69, 9.17) is 0 Å². The molecule has 3 nitrogen and oxygen atoms in total. The molecule has 0 amide bonds. The van der Waals surface area contributed by atoms with E-state index in [0.717, 1.165) is 14.5 Å². The Hall–Kier alpha value is -0.560. The molecule has 2 heterocycles. The van der Waals surface area contributed by atoms with E-state index in [1.807, 2.05) is 24.3 Å². The average molecular weight is 305 g/mol. The molecule has 13 heavy (non-hydrogen) atoms. The molecule has 1 aromatic heterocycles. The van der Waals surface area contributed by atoms with Crippen molar-refractivity contribution in [1.29, 1.82) is 0 Å². The molecule has 0 spiro atoms. The van der Waals surface area contributed by atoms with E-state index in [2.05, 4.69) is 22.6 Å². The van der Waals surface area contributed by atoms with Gasteiger partial charge in [0, 0.05) is 5.39 Å². The van der Waals surface area contributed by atoms with Crippen LogP contribution in [0.5, 0.6) is 0 Å². The van der Waals surface area contributed by atoms with Gasteiger partial charge in [0.05, 0.1) is 9.09 Å². The normalized spacial score (nSPS) is 17.3. The van der Waals surface area contributed by atoms with Crippen LogP contribution in [0.3, 0.4) is 0 Å². The van der Waals surface area contributed by atoms with Crippen LogP contribution in [0, 0.1) is 3.57 Å². The fourth-order valence-electron chi connectivity index (χ4n) is 1.56. The Morgan fingerprint density at radius 1 is 1.23 bits per heavy atom. The Kier molecular flexibility index (Phi) is 1.25. The van der Waals surface area contributed by atoms with E-state index >= 15 is 0 Å². The maximum Gasteiger partial charge on any atom is 0.287 e. The van der Waals surface area contributed by atoms with Crippen LogP contribution < -0.4 is 0 Å². The lowest BCUT2D eigenvalue weighted by atomic mass is 10.3. The van der Waals surface area contributed by atoms with Gasteiger partial charge >= 0.3 is 0 Å². The van der Waals surface area contributed by atoms with Crippen molar-refractivity contribution in [3.8, 4) is 0 Å². The summed E-state index contributed by atoms with van der Waals surface area (Å²) < 4.78 is 24.9. The molecule has 0 fully saturated rings. The van der Waals surface area contributed by atoms with Crippen LogP contribution in [-0.4, -0.2) is 12.4 Å². The molecule has 5 heteroatoms. The molecule has 3 rings (SSSR count). The van der Waals surface area contributed by atoms with Crippen LogP contribution in [0.2, 0.25) is 0 Å². The fraction of sp³-hybridized carbons (Fsp3) is 0. The van der Waals surface area contributed by atoms with Crippen molar-refractivity contribution in [3.05, 3.63) is 27.8 Å². The lowest BCUT2D eigenvalue weighted by molar-refractivity contribution is 0.609. The van der Waals surface area contributed by atoms with E-state index in [-0.39, 0.29) is 0 Å². The van der Waals surface area contributed by atoms with Gasteiger partial charge in [-0.25, -0.2) is 3.97 Å². The van der Waals surface area contributed by atoms with Gasteiger partial charge < -0.3 is 0 Å². The highest BCUT2D eigenvalue weighted by molar-refractivity contribution is 14.1. The average Bonchev–Trinajstić information content (AvgIpc) is 2.50. The Balaban J connectivity index is 2.61. The number of benzene rings is 1. The van der Waals surface area contributed by atoms with E-state index < -0.39 is 10.0 Å². The quantitative estimate of drug-likeness (QED) is 0.469. The molecule has 1 aromatic carbocycles. The minimum absolute atomic E-state index is 0.467. The molecule has 2 aromatic rings. The first-order valence-electron chi connectivity index (χ1n) is 3.68. The summed E-state index contributed by atoms with van der Waals surface area (Å²) in [5.41, 5.74) is 0.793. The van der Waals surface area contributed by atoms with Crippen LogP contribution >= 0.6 is 22.6 Å². The molecular formula is C8H4INO2S. The van der Waals surface area contributed by atoms with Gasteiger partial charge in [0.15, 0.2) is 5.03 Å². The van der Waals surface area contributed by atoms with Crippen LogP contribution in [-0.2, 0) is 10.0 Å². The van der Waals surface area contributed by atoms with Crippen LogP contribution in [0.25, 0.3) is 10.9 Å². The van der Waals surface area contributed by atoms with Crippen molar-refractivity contribution in [2.75, 3.05) is 0 Å². The van der Waals surface area contributed by atoms with Gasteiger partial charge in [-0.3, -0.25) is 0 Å². The molecule has 0 radical (unpaired) electrons. The van der Waals surface area contributed by atoms with Crippen molar-refractivity contribution in [2.45, 2.75) is 5.03 Å². The third-order valence-electron chi connectivity index (χ3n) is 2.18. The van der Waals surface area contributed by atoms with E-state index in [1.54, 1.807) is 0 Å². The molecule has 1 aliphatic heterocycles. The first-order valence-corrected chi connectivity index (χ1v) is 6.20. The van der Waals surface area contributed by atoms with Gasteiger partial charge in [-0.2, -0.15) is 8.42 Å². The summed E-state index contributed by atoms with van der Waals surface area (Å²) in [6.07, 6.45) is 0. The number of hydrogen-bond donors (Lipinski definition) is 0. The van der Waals surface area contributed by atoms with Gasteiger partial charge in [-0.1, -0.05) is 18.2 Å². The molecule has 1 aliphatic rings. The fourth-order valence-corrected chi connectivity index (χ4v) is 4.73. The molecule has 0 atom stereocenters. The van der Waals surface area contributed by atoms with Gasteiger partial charge in [0.2, 0.25) is 0 Å². The molecule has 0 unspecified atom stereocenters. The van der Waals surface area contributed by atoms with Gasteiger partial charge in [0.25, 0.3) is 10.0 Å². The SMILES string of the molecule is O=S1(=O)c2c(I)c3ccccc3n21. The second-order valence-electron chi connectivity index (χ2n) is 2.91. The molecule has 0 N–H and O–H groups in total. The molecular weight excluding hydrogens is 301 g/mol. The Morgan fingerprint density at radius 3 is 2.69 bits per heavy atom. The smallest absolute Gasteiger partial charge is 0.219 e. The summed E-state index contributed by atoms with van der Waals surface area (Å²) in [4.78, 5) is 0. The van der Waals surface area contributed by atoms with Crippen LogP contribution in [0.15, 0.2) is 29.3 Å². The molecule has 0 aliphatic carbocycles. The van der Waals surface area contributed by atoms with Gasteiger partial charge in [-0.15, -0.1) is 0 Å². The summed E-state index contributed by atoms with van der Waals surface area (Å²) in [6, 6.07) is 7.52. The highest BCUT2D eigenvalue weighted by atomic mass is 127. The largest absolute Gasteiger partial charge is 0.287 e. The van der Waals surface area contributed by atoms with Crippen LogP contribution in [0.1, 0.15) is 0 Å². The maximum absolute atomic E-state index is 11.3. The number of nitrogens with zero attached hydrogens (tertiary/aromatic N) is 1. The van der Waals surface area contributed by atoms with Crippen LogP contribution in [0.4, 0.5) is 0 Å². The zero-order chi connectivity index (χ0) is 9.22. The van der Waals surface area contributed by atoms with Gasteiger partial charge in [-0.05, 0) is 28.7 Å². The number of para-hydroxylation sites is 1. The molecule has 0 saturated heterocycles. The Bertz CT molecular complexity index is 627. The Morgan fingerprint density at radius 2 is 1.92 bits per heavy atom. The summed E-state index contributed by atoms with van der Waals surface area (Å²) in [5.74, 6) is 0. The first kappa shape index (κ1) is 7.81. The number of hydrogen-bond acceptors (Lipinski definition) is 2. The van der Waals surface area contributed by atoms with E-state index in [0.29, 0.717) is 5.03 Å². The van der Waals surface area contributed by atoms with Crippen molar-refractivity contribution in [2.24, 2.45) is 0 Å². The number of fused-ring (bicyclic) bond motifs is 3. The highest BCUT2D eigenvalue weighted by Gasteiger charge is 2.44. The Labute approximate surface area is 88.5 Å². The van der Waals surface area contributed by atoms with Crippen molar-refractivity contribution < 1.29 is 8.42 Å². The zero-order valence-electron chi connectivity index (χ0n) is 6.36. The second kappa shape index (κ2) is 2.09.